The van der Waals surface area contributed by atoms with Gasteiger partial charge in [0.25, 0.3) is 0 Å². The molecule has 1 heterocycles. The van der Waals surface area contributed by atoms with Crippen LogP contribution in [0.5, 0.6) is 0 Å². The van der Waals surface area contributed by atoms with Gasteiger partial charge >= 0.3 is 5.76 Å². The Morgan fingerprint density at radius 3 is 2.76 bits per heavy atom. The van der Waals surface area contributed by atoms with Crippen LogP contribution < -0.4 is 11.1 Å². The first-order valence-corrected chi connectivity index (χ1v) is 8.70. The largest absolute Gasteiger partial charge is 0.417 e. The predicted octanol–water partition coefficient (Wildman–Crippen LogP) is 4.01. The van der Waals surface area contributed by atoms with Crippen LogP contribution in [0, 0.1) is 0 Å². The van der Waals surface area contributed by atoms with Crippen LogP contribution in [0.15, 0.2) is 74.8 Å². The molecule has 4 aromatic rings. The van der Waals surface area contributed by atoms with E-state index in [1.165, 1.54) is 17.1 Å². The Morgan fingerprint density at radius 1 is 1.04 bits per heavy atom. The SMILES string of the molecule is O=C(CSc1ccc2ccccc2c1)Nc1ccc2oc(=O)[nH]c2c1. The van der Waals surface area contributed by atoms with E-state index in [2.05, 4.69) is 34.6 Å². The van der Waals surface area contributed by atoms with Crippen LogP contribution in [0.4, 0.5) is 5.69 Å². The highest BCUT2D eigenvalue weighted by atomic mass is 32.2. The standard InChI is InChI=1S/C19H14N2O3S/c22-18(20-14-6-8-17-16(10-14)21-19(23)24-17)11-25-15-7-5-12-3-1-2-4-13(12)9-15/h1-10H,11H2,(H,20,22)(H,21,23). The molecule has 0 fully saturated rings. The van der Waals surface area contributed by atoms with Gasteiger partial charge in [-0.15, -0.1) is 11.8 Å². The zero-order chi connectivity index (χ0) is 17.2. The first kappa shape index (κ1) is 15.5. The van der Waals surface area contributed by atoms with Crippen LogP contribution in [-0.2, 0) is 4.79 Å². The van der Waals surface area contributed by atoms with Crippen molar-refractivity contribution in [2.24, 2.45) is 0 Å². The molecular formula is C19H14N2O3S. The molecule has 6 heteroatoms. The molecule has 5 nitrogen and oxygen atoms in total. The Kier molecular flexibility index (Phi) is 4.03. The molecule has 3 aromatic carbocycles. The number of nitrogens with one attached hydrogen (secondary N) is 2. The van der Waals surface area contributed by atoms with Crippen LogP contribution in [-0.4, -0.2) is 16.6 Å². The van der Waals surface area contributed by atoms with Gasteiger partial charge in [0.05, 0.1) is 11.3 Å². The van der Waals surface area contributed by atoms with Gasteiger partial charge in [-0.3, -0.25) is 9.78 Å². The lowest BCUT2D eigenvalue weighted by Crippen LogP contribution is -2.13. The minimum absolute atomic E-state index is 0.108. The normalized spacial score (nSPS) is 11.0. The van der Waals surface area contributed by atoms with E-state index in [-0.39, 0.29) is 5.91 Å². The molecule has 0 bridgehead atoms. The van der Waals surface area contributed by atoms with Gasteiger partial charge in [-0.25, -0.2) is 4.79 Å². The molecule has 0 atom stereocenters. The second-order valence-electron chi connectivity index (χ2n) is 5.57. The lowest BCUT2D eigenvalue weighted by atomic mass is 10.1. The molecule has 1 aromatic heterocycles. The summed E-state index contributed by atoms with van der Waals surface area (Å²) in [4.78, 5) is 26.9. The van der Waals surface area contributed by atoms with Crippen LogP contribution in [0.2, 0.25) is 0 Å². The molecule has 0 saturated heterocycles. The molecule has 0 radical (unpaired) electrons. The fourth-order valence-electron chi connectivity index (χ4n) is 2.63. The quantitative estimate of drug-likeness (QED) is 0.546. The average molecular weight is 350 g/mol. The predicted molar refractivity (Wildman–Crippen MR) is 100 cm³/mol. The van der Waals surface area contributed by atoms with Gasteiger partial charge in [0, 0.05) is 10.6 Å². The molecular weight excluding hydrogens is 336 g/mol. The van der Waals surface area contributed by atoms with E-state index >= 15 is 0 Å². The minimum Gasteiger partial charge on any atom is -0.408 e. The Hall–Kier alpha value is -2.99. The van der Waals surface area contributed by atoms with Crippen molar-refractivity contribution in [1.82, 2.24) is 4.98 Å². The smallest absolute Gasteiger partial charge is 0.408 e. The average Bonchev–Trinajstić information content (AvgIpc) is 2.99. The fourth-order valence-corrected chi connectivity index (χ4v) is 3.38. The molecule has 0 unspecified atom stereocenters. The number of hydrogen-bond donors (Lipinski definition) is 2. The van der Waals surface area contributed by atoms with E-state index in [1.807, 2.05) is 18.2 Å². The third-order valence-corrected chi connectivity index (χ3v) is 4.79. The van der Waals surface area contributed by atoms with Gasteiger partial charge in [-0.2, -0.15) is 0 Å². The first-order chi connectivity index (χ1) is 12.2. The van der Waals surface area contributed by atoms with Crippen LogP contribution >= 0.6 is 11.8 Å². The Balaban J connectivity index is 1.42. The summed E-state index contributed by atoms with van der Waals surface area (Å²) < 4.78 is 4.94. The second kappa shape index (κ2) is 6.49. The maximum atomic E-state index is 12.2. The Morgan fingerprint density at radius 2 is 1.88 bits per heavy atom. The van der Waals surface area contributed by atoms with Crippen molar-refractivity contribution in [3.8, 4) is 0 Å². The zero-order valence-corrected chi connectivity index (χ0v) is 13.9. The summed E-state index contributed by atoms with van der Waals surface area (Å²) in [5.74, 6) is -0.313. The summed E-state index contributed by atoms with van der Waals surface area (Å²) in [6.07, 6.45) is 0. The highest BCUT2D eigenvalue weighted by Gasteiger charge is 2.07. The summed E-state index contributed by atoms with van der Waals surface area (Å²) in [6.45, 7) is 0. The Labute approximate surface area is 147 Å². The lowest BCUT2D eigenvalue weighted by Gasteiger charge is -2.06. The van der Waals surface area contributed by atoms with Crippen molar-refractivity contribution in [2.45, 2.75) is 4.90 Å². The van der Waals surface area contributed by atoms with E-state index in [4.69, 9.17) is 4.42 Å². The maximum Gasteiger partial charge on any atom is 0.417 e. The van der Waals surface area contributed by atoms with Crippen molar-refractivity contribution >= 4 is 45.2 Å². The highest BCUT2D eigenvalue weighted by molar-refractivity contribution is 8.00. The third-order valence-electron chi connectivity index (χ3n) is 3.79. The highest BCUT2D eigenvalue weighted by Crippen LogP contribution is 2.24. The van der Waals surface area contributed by atoms with Gasteiger partial charge in [-0.1, -0.05) is 30.3 Å². The van der Waals surface area contributed by atoms with E-state index in [0.717, 1.165) is 10.3 Å². The lowest BCUT2D eigenvalue weighted by molar-refractivity contribution is -0.113. The van der Waals surface area contributed by atoms with Gasteiger partial charge in [0.1, 0.15) is 0 Å². The molecule has 4 rings (SSSR count). The van der Waals surface area contributed by atoms with E-state index in [0.29, 0.717) is 22.5 Å². The molecule has 2 N–H and O–H groups in total. The van der Waals surface area contributed by atoms with Crippen molar-refractivity contribution in [1.29, 1.82) is 0 Å². The molecule has 0 saturated carbocycles. The number of benzene rings is 3. The summed E-state index contributed by atoms with van der Waals surface area (Å²) in [7, 11) is 0. The molecule has 0 spiro atoms. The number of aromatic nitrogens is 1. The summed E-state index contributed by atoms with van der Waals surface area (Å²) in [5, 5.41) is 5.16. The number of aromatic amines is 1. The summed E-state index contributed by atoms with van der Waals surface area (Å²) >= 11 is 1.48. The molecule has 0 aliphatic carbocycles. The van der Waals surface area contributed by atoms with Gasteiger partial charge < -0.3 is 9.73 Å². The van der Waals surface area contributed by atoms with Crippen LogP contribution in [0.25, 0.3) is 21.9 Å². The second-order valence-corrected chi connectivity index (χ2v) is 6.62. The number of carbonyl (C=O) groups is 1. The van der Waals surface area contributed by atoms with E-state index in [9.17, 15) is 9.59 Å². The third kappa shape index (κ3) is 3.44. The van der Waals surface area contributed by atoms with Crippen molar-refractivity contribution in [2.75, 3.05) is 11.1 Å². The first-order valence-electron chi connectivity index (χ1n) is 7.72. The number of H-pyrrole nitrogens is 1. The van der Waals surface area contributed by atoms with Crippen LogP contribution in [0.1, 0.15) is 0 Å². The summed E-state index contributed by atoms with van der Waals surface area (Å²) in [6, 6.07) is 19.3. The zero-order valence-electron chi connectivity index (χ0n) is 13.1. The number of fused-ring (bicyclic) bond motifs is 2. The number of hydrogen-bond acceptors (Lipinski definition) is 4. The minimum atomic E-state index is -0.509. The molecule has 1 amide bonds. The summed E-state index contributed by atoms with van der Waals surface area (Å²) in [5.41, 5.74) is 1.65. The number of amides is 1. The van der Waals surface area contributed by atoms with Crippen molar-refractivity contribution < 1.29 is 9.21 Å². The van der Waals surface area contributed by atoms with Gasteiger partial charge in [-0.05, 0) is 41.1 Å². The van der Waals surface area contributed by atoms with E-state index < -0.39 is 5.76 Å². The number of anilines is 1. The molecule has 25 heavy (non-hydrogen) atoms. The number of thioether (sulfide) groups is 1. The monoisotopic (exact) mass is 350 g/mol. The van der Waals surface area contributed by atoms with Gasteiger partial charge in [0.2, 0.25) is 5.91 Å². The topological polar surface area (TPSA) is 75.1 Å². The molecule has 124 valence electrons. The van der Waals surface area contributed by atoms with Crippen molar-refractivity contribution in [3.63, 3.8) is 0 Å². The molecule has 0 aliphatic heterocycles. The number of oxazole rings is 1. The van der Waals surface area contributed by atoms with Gasteiger partial charge in [0.15, 0.2) is 5.58 Å². The maximum absolute atomic E-state index is 12.2. The van der Waals surface area contributed by atoms with Crippen molar-refractivity contribution in [3.05, 3.63) is 71.2 Å². The fraction of sp³-hybridized carbons (Fsp3) is 0.0526. The number of carbonyl (C=O) groups excluding carboxylic acids is 1. The van der Waals surface area contributed by atoms with Crippen LogP contribution in [0.3, 0.4) is 0 Å². The Bertz CT molecular complexity index is 1130. The molecule has 0 aliphatic rings. The van der Waals surface area contributed by atoms with E-state index in [1.54, 1.807) is 18.2 Å². The number of rotatable bonds is 4.